The van der Waals surface area contributed by atoms with E-state index >= 15 is 0 Å². The maximum Gasteiger partial charge on any atom is 0.187 e. The summed E-state index contributed by atoms with van der Waals surface area (Å²) < 4.78 is 96.1. The van der Waals surface area contributed by atoms with Crippen LogP contribution in [0.5, 0.6) is 0 Å². The quantitative estimate of drug-likeness (QED) is 0.0452. The fraction of sp³-hybridized carbons (Fsp3) is 1.00. The van der Waals surface area contributed by atoms with Crippen LogP contribution in [0.25, 0.3) is 0 Å². The first kappa shape index (κ1) is 78.4. The second-order valence-electron chi connectivity index (χ2n) is 24.4. The molecule has 44 nitrogen and oxygen atoms in total. The molecule has 9 saturated heterocycles. The van der Waals surface area contributed by atoms with Crippen molar-refractivity contribution in [3.05, 3.63) is 0 Å². The zero-order valence-electron chi connectivity index (χ0n) is 50.2. The fourth-order valence-corrected chi connectivity index (χ4v) is 12.2. The molecule has 27 N–H and O–H groups in total. The number of hydrogen-bond acceptors (Lipinski definition) is 44. The van der Waals surface area contributed by atoms with E-state index in [1.54, 1.807) is 0 Å². The Bertz CT molecular complexity index is 2340. The Morgan fingerprint density at radius 2 is 0.448 bits per heavy atom. The predicted molar refractivity (Wildman–Crippen MR) is 285 cm³/mol. The van der Waals surface area contributed by atoms with Crippen LogP contribution in [-0.4, -0.2) is 461 Å². The summed E-state index contributed by atoms with van der Waals surface area (Å²) >= 11 is 0. The van der Waals surface area contributed by atoms with E-state index in [9.17, 15) is 138 Å². The first-order valence-corrected chi connectivity index (χ1v) is 30.5. The van der Waals surface area contributed by atoms with Gasteiger partial charge in [-0.3, -0.25) is 0 Å². The molecule has 0 spiro atoms. The van der Waals surface area contributed by atoms with Gasteiger partial charge in [-0.2, -0.15) is 0 Å². The minimum Gasteiger partial charge on any atom is -0.394 e. The summed E-state index contributed by atoms with van der Waals surface area (Å²) in [6, 6.07) is 0. The van der Waals surface area contributed by atoms with Crippen LogP contribution in [0.2, 0.25) is 0 Å². The third kappa shape index (κ3) is 16.4. The Morgan fingerprint density at radius 3 is 0.740 bits per heavy atom. The van der Waals surface area contributed by atoms with Crippen LogP contribution in [0.15, 0.2) is 0 Å². The lowest BCUT2D eigenvalue weighted by Crippen LogP contribution is -2.68. The summed E-state index contributed by atoms with van der Waals surface area (Å²) in [7, 11) is 0. The first-order chi connectivity index (χ1) is 45.5. The van der Waals surface area contributed by atoms with Crippen molar-refractivity contribution in [1.82, 2.24) is 0 Å². The van der Waals surface area contributed by atoms with Gasteiger partial charge in [0, 0.05) is 0 Å². The Morgan fingerprint density at radius 1 is 0.219 bits per heavy atom. The molecule has 9 fully saturated rings. The van der Waals surface area contributed by atoms with Crippen molar-refractivity contribution in [2.24, 2.45) is 0 Å². The van der Waals surface area contributed by atoms with Gasteiger partial charge in [-0.15, -0.1) is 0 Å². The summed E-state index contributed by atoms with van der Waals surface area (Å²) in [5, 5.41) is 291. The number of aliphatic hydroxyl groups excluding tert-OH is 27. The second-order valence-corrected chi connectivity index (χ2v) is 24.4. The van der Waals surface area contributed by atoms with E-state index < -0.39 is 324 Å². The molecule has 0 amide bonds. The van der Waals surface area contributed by atoms with Crippen LogP contribution in [-0.2, 0) is 80.5 Å². The van der Waals surface area contributed by atoms with Gasteiger partial charge < -0.3 is 218 Å². The second kappa shape index (κ2) is 33.8. The van der Waals surface area contributed by atoms with Gasteiger partial charge >= 0.3 is 0 Å². The van der Waals surface area contributed by atoms with Gasteiger partial charge in [0.2, 0.25) is 0 Å². The molecule has 96 heavy (non-hydrogen) atoms. The van der Waals surface area contributed by atoms with Crippen LogP contribution in [0.3, 0.4) is 0 Å². The maximum atomic E-state index is 12.0. The number of aliphatic hydroxyl groups is 27. The molecular weight excluding hydrogens is 1330 g/mol. The molecule has 9 heterocycles. The molecule has 43 atom stereocenters. The van der Waals surface area contributed by atoms with Gasteiger partial charge in [-0.1, -0.05) is 0 Å². The predicted octanol–water partition coefficient (Wildman–Crippen LogP) is -19.3. The van der Waals surface area contributed by atoms with Crippen molar-refractivity contribution in [3.63, 3.8) is 0 Å². The van der Waals surface area contributed by atoms with E-state index in [4.69, 9.17) is 80.5 Å². The Labute approximate surface area is 541 Å². The molecule has 0 saturated carbocycles. The van der Waals surface area contributed by atoms with Crippen LogP contribution in [0, 0.1) is 0 Å². The van der Waals surface area contributed by atoms with Gasteiger partial charge in [0.05, 0.1) is 59.5 Å². The largest absolute Gasteiger partial charge is 0.394 e. The monoisotopic (exact) mass is 1420 g/mol. The van der Waals surface area contributed by atoms with Crippen LogP contribution < -0.4 is 0 Å². The lowest BCUT2D eigenvalue weighted by Gasteiger charge is -2.50. The topological polar surface area (TPSA) is 703 Å². The fourth-order valence-electron chi connectivity index (χ4n) is 12.2. The van der Waals surface area contributed by atoms with E-state index in [0.29, 0.717) is 0 Å². The summed E-state index contributed by atoms with van der Waals surface area (Å²) in [6.45, 7) is -8.28. The number of rotatable bonds is 23. The normalized spacial score (nSPS) is 53.8. The molecule has 0 bridgehead atoms. The van der Waals surface area contributed by atoms with E-state index in [1.807, 2.05) is 0 Å². The van der Waals surface area contributed by atoms with Gasteiger partial charge in [0.1, 0.15) is 208 Å². The van der Waals surface area contributed by atoms with Gasteiger partial charge in [0.25, 0.3) is 0 Å². The van der Waals surface area contributed by atoms with Crippen molar-refractivity contribution in [2.75, 3.05) is 59.5 Å². The molecule has 0 aromatic heterocycles. The Balaban J connectivity index is 0.917. The van der Waals surface area contributed by atoms with E-state index in [-0.39, 0.29) is 0 Å². The molecule has 44 heteroatoms. The van der Waals surface area contributed by atoms with Crippen molar-refractivity contribution in [1.29, 1.82) is 0 Å². The molecule has 0 aromatic rings. The maximum absolute atomic E-state index is 12.0. The molecular formula is C52H88O44. The Kier molecular flexibility index (Phi) is 27.6. The molecule has 0 radical (unpaired) electrons. The van der Waals surface area contributed by atoms with Gasteiger partial charge in [-0.25, -0.2) is 0 Å². The van der Waals surface area contributed by atoms with Gasteiger partial charge in [0.15, 0.2) is 56.6 Å². The zero-order valence-corrected chi connectivity index (χ0v) is 50.2. The van der Waals surface area contributed by atoms with Crippen LogP contribution >= 0.6 is 0 Å². The summed E-state index contributed by atoms with van der Waals surface area (Å²) in [5.41, 5.74) is 0. The first-order valence-electron chi connectivity index (χ1n) is 30.5. The van der Waals surface area contributed by atoms with Crippen LogP contribution in [0.1, 0.15) is 0 Å². The average molecular weight is 1420 g/mol. The minimum atomic E-state index is -2.43. The van der Waals surface area contributed by atoms with Crippen molar-refractivity contribution >= 4 is 0 Å². The molecule has 0 unspecified atom stereocenters. The number of ether oxygens (including phenoxy) is 17. The minimum absolute atomic E-state index is 0.618. The van der Waals surface area contributed by atoms with Crippen molar-refractivity contribution in [2.45, 2.75) is 264 Å². The smallest absolute Gasteiger partial charge is 0.187 e. The number of hydrogen-bond donors (Lipinski definition) is 27. The summed E-state index contributed by atoms with van der Waals surface area (Å²) in [5.74, 6) is 0. The third-order valence-electron chi connectivity index (χ3n) is 17.9. The SMILES string of the molecule is OC[C@H]1O[C@@H](O[C@H]2[C@H](O)[C@@H](O)[C@H](O[C@H]3[C@H](O)[C@@H](O)[C@H](O[C@H]4[C@H](O)[C@@H](O)[C@H](O[C@H]5[C@H](O)[C@@H](O)[C@H](O[C@H]6[C@H](O)[C@@H](O)[C@H](O[C@H]7[C@H](O)[C@@H](O)[C@H](O)O[C@@H]7CO)O[C@@H]6CO)O[C@@H]5CO[C@H]5OC[C@@H](O)[C@H](O)[C@H]5O)O[C@@H]4CO[C@H]4OC[C@@H](O)[C@H](O)[C@H]4O)O[C@@H]3CO)O[C@@H]2CO)[C@H](O)[C@@H](O)[C@@H]1O. The molecule has 9 aliphatic heterocycles. The highest BCUT2D eigenvalue weighted by Gasteiger charge is 2.59. The highest BCUT2D eigenvalue weighted by atomic mass is 16.8. The third-order valence-corrected chi connectivity index (χ3v) is 17.9. The van der Waals surface area contributed by atoms with E-state index in [2.05, 4.69) is 0 Å². The summed E-state index contributed by atoms with van der Waals surface area (Å²) in [6.07, 6.45) is -86.2. The highest BCUT2D eigenvalue weighted by molar-refractivity contribution is 5.02. The highest BCUT2D eigenvalue weighted by Crippen LogP contribution is 2.39. The van der Waals surface area contributed by atoms with E-state index in [0.717, 1.165) is 0 Å². The molecule has 560 valence electrons. The van der Waals surface area contributed by atoms with E-state index in [1.165, 1.54) is 0 Å². The summed E-state index contributed by atoms with van der Waals surface area (Å²) in [4.78, 5) is 0. The standard InChI is InChI=1S/C52H88O44/c53-1-12-21(62)22(63)32(73)47(85-12)92-39-14(3-55)87-49(34(75)24(39)65)93-40-15(4-56)88-50(35(76)26(40)67)95-42-17(8-82-45-30(71)19(60)10(58)6-80-45)90-52(37(78)28(42)69)96-43-18(9-83-46-31(72)20(61)11(59)7-81-46)89-51(36(77)27(43)68)94-41-16(5-57)86-48(33(74)25(41)66)91-38-13(2-54)84-44(79)29(70)23(38)64/h10-79H,1-9H2/t10-,11-,12-,13-,14-,15-,16-,17-,18-,19+,20+,21-,22+,23-,24-,25-,26-,27-,28-,29-,30-,31-,32-,33-,34-,35-,36-,37-,38-,39-,40-,41-,42-,43-,44-,45-,46-,47+,48+,49+,50+,51+,52+/m1/s1. The Hall–Kier alpha value is -1.76. The molecule has 0 aliphatic carbocycles. The lowest BCUT2D eigenvalue weighted by atomic mass is 9.95. The molecule has 0 aromatic carbocycles. The van der Waals surface area contributed by atoms with Crippen LogP contribution in [0.4, 0.5) is 0 Å². The lowest BCUT2D eigenvalue weighted by molar-refractivity contribution is -0.401. The van der Waals surface area contributed by atoms with Crippen molar-refractivity contribution < 1.29 is 218 Å². The molecule has 9 aliphatic rings. The van der Waals surface area contributed by atoms with Crippen molar-refractivity contribution in [3.8, 4) is 0 Å². The zero-order chi connectivity index (χ0) is 70.2. The van der Waals surface area contributed by atoms with Gasteiger partial charge in [-0.05, 0) is 0 Å². The average Bonchev–Trinajstić information content (AvgIpc) is 0.777. The molecule has 9 rings (SSSR count).